The average molecular weight is 311 g/mol. The minimum Gasteiger partial charge on any atom is -0.325 e. The lowest BCUT2D eigenvalue weighted by Gasteiger charge is -2.32. The van der Waals surface area contributed by atoms with Crippen LogP contribution in [-0.2, 0) is 0 Å². The molecule has 2 N–H and O–H groups in total. The van der Waals surface area contributed by atoms with Crippen molar-refractivity contribution in [2.24, 2.45) is 0 Å². The maximum absolute atomic E-state index is 14.3. The molecule has 4 heterocycles. The van der Waals surface area contributed by atoms with Crippen LogP contribution in [-0.4, -0.2) is 42.8 Å². The molecule has 116 valence electrons. The molecular formula is C15H14FN7. The number of hydrogen-bond donors (Lipinski definition) is 2. The summed E-state index contributed by atoms with van der Waals surface area (Å²) in [6.45, 7) is 0.547. The van der Waals surface area contributed by atoms with Crippen molar-refractivity contribution in [3.8, 4) is 17.6 Å². The van der Waals surface area contributed by atoms with E-state index < -0.39 is 12.2 Å². The molecule has 23 heavy (non-hydrogen) atoms. The second kappa shape index (κ2) is 5.35. The van der Waals surface area contributed by atoms with Crippen LogP contribution in [0.1, 0.15) is 24.7 Å². The van der Waals surface area contributed by atoms with Gasteiger partial charge in [0.15, 0.2) is 11.8 Å². The number of rotatable bonds is 2. The van der Waals surface area contributed by atoms with Gasteiger partial charge in [0.2, 0.25) is 0 Å². The van der Waals surface area contributed by atoms with Crippen molar-refractivity contribution in [1.29, 1.82) is 5.26 Å². The highest BCUT2D eigenvalue weighted by atomic mass is 19.1. The first kappa shape index (κ1) is 13.7. The van der Waals surface area contributed by atoms with Gasteiger partial charge in [-0.15, -0.1) is 0 Å². The summed E-state index contributed by atoms with van der Waals surface area (Å²) in [6.07, 6.45) is 3.71. The number of hydrogen-bond acceptors (Lipinski definition) is 5. The van der Waals surface area contributed by atoms with E-state index in [-0.39, 0.29) is 0 Å². The number of nitrogens with zero attached hydrogens (tertiary/aromatic N) is 5. The SMILES string of the molecule is N#CN1CCCC(F)C1c1nc2ccc(-c3ccn[nH]3)nc2[nH]1. The number of fused-ring (bicyclic) bond motifs is 1. The second-order valence-electron chi connectivity index (χ2n) is 5.55. The Morgan fingerprint density at radius 3 is 3.00 bits per heavy atom. The minimum absolute atomic E-state index is 0.437. The number of piperidine rings is 1. The molecular weight excluding hydrogens is 297 g/mol. The van der Waals surface area contributed by atoms with E-state index in [2.05, 4.69) is 31.3 Å². The van der Waals surface area contributed by atoms with E-state index in [1.807, 2.05) is 18.2 Å². The van der Waals surface area contributed by atoms with E-state index in [9.17, 15) is 9.65 Å². The summed E-state index contributed by atoms with van der Waals surface area (Å²) >= 11 is 0. The molecule has 0 aromatic carbocycles. The van der Waals surface area contributed by atoms with Gasteiger partial charge < -0.3 is 4.98 Å². The molecule has 0 aliphatic carbocycles. The fourth-order valence-electron chi connectivity index (χ4n) is 2.98. The Labute approximate surface area is 131 Å². The molecule has 2 unspecified atom stereocenters. The van der Waals surface area contributed by atoms with Crippen molar-refractivity contribution >= 4 is 11.2 Å². The molecule has 1 saturated heterocycles. The summed E-state index contributed by atoms with van der Waals surface area (Å²) in [4.78, 5) is 13.4. The van der Waals surface area contributed by atoms with E-state index in [0.29, 0.717) is 36.4 Å². The van der Waals surface area contributed by atoms with Crippen LogP contribution >= 0.6 is 0 Å². The smallest absolute Gasteiger partial charge is 0.180 e. The molecule has 0 spiro atoms. The summed E-state index contributed by atoms with van der Waals surface area (Å²) in [7, 11) is 0. The first-order valence-corrected chi connectivity index (χ1v) is 7.43. The van der Waals surface area contributed by atoms with Crippen molar-refractivity contribution in [3.63, 3.8) is 0 Å². The third-order valence-corrected chi connectivity index (χ3v) is 4.10. The van der Waals surface area contributed by atoms with E-state index in [4.69, 9.17) is 0 Å². The van der Waals surface area contributed by atoms with E-state index >= 15 is 0 Å². The quantitative estimate of drug-likeness (QED) is 0.708. The fraction of sp³-hybridized carbons (Fsp3) is 0.333. The van der Waals surface area contributed by atoms with Gasteiger partial charge in [-0.1, -0.05) is 0 Å². The third kappa shape index (κ3) is 2.30. The van der Waals surface area contributed by atoms with Gasteiger partial charge in [-0.3, -0.25) is 10.00 Å². The van der Waals surface area contributed by atoms with Gasteiger partial charge in [0.25, 0.3) is 0 Å². The number of pyridine rings is 1. The molecule has 1 aliphatic rings. The number of likely N-dealkylation sites (tertiary alicyclic amines) is 1. The van der Waals surface area contributed by atoms with Crippen LogP contribution in [0.3, 0.4) is 0 Å². The maximum atomic E-state index is 14.3. The van der Waals surface area contributed by atoms with Crippen molar-refractivity contribution in [1.82, 2.24) is 30.0 Å². The molecule has 0 radical (unpaired) electrons. The van der Waals surface area contributed by atoms with Crippen molar-refractivity contribution in [3.05, 3.63) is 30.2 Å². The predicted molar refractivity (Wildman–Crippen MR) is 80.7 cm³/mol. The van der Waals surface area contributed by atoms with Crippen LogP contribution in [0.2, 0.25) is 0 Å². The highest BCUT2D eigenvalue weighted by molar-refractivity contribution is 5.74. The maximum Gasteiger partial charge on any atom is 0.180 e. The standard InChI is InChI=1S/C15H14FN7/c16-9-2-1-7-23(8-17)13(9)15-20-12-4-3-10(19-14(12)21-15)11-5-6-18-22-11/h3-6,9,13H,1-2,7H2,(H,18,22)(H,19,20,21). The van der Waals surface area contributed by atoms with Crippen LogP contribution in [0.25, 0.3) is 22.6 Å². The molecule has 3 aromatic heterocycles. The Kier molecular flexibility index (Phi) is 3.19. The Bertz CT molecular complexity index is 864. The number of halogens is 1. The van der Waals surface area contributed by atoms with E-state index in [0.717, 1.165) is 11.4 Å². The van der Waals surface area contributed by atoms with Gasteiger partial charge in [0.05, 0.1) is 11.4 Å². The highest BCUT2D eigenvalue weighted by Gasteiger charge is 2.34. The summed E-state index contributed by atoms with van der Waals surface area (Å²) in [5, 5.41) is 16.0. The van der Waals surface area contributed by atoms with Crippen LogP contribution < -0.4 is 0 Å². The molecule has 0 bridgehead atoms. The zero-order chi connectivity index (χ0) is 15.8. The third-order valence-electron chi connectivity index (χ3n) is 4.10. The zero-order valence-corrected chi connectivity index (χ0v) is 12.2. The number of alkyl halides is 1. The molecule has 0 amide bonds. The predicted octanol–water partition coefficient (Wildman–Crippen LogP) is 2.30. The zero-order valence-electron chi connectivity index (χ0n) is 12.2. The van der Waals surface area contributed by atoms with Gasteiger partial charge in [0.1, 0.15) is 23.6 Å². The Balaban J connectivity index is 1.75. The summed E-state index contributed by atoms with van der Waals surface area (Å²) in [5.74, 6) is 0.447. The van der Waals surface area contributed by atoms with Crippen molar-refractivity contribution in [2.75, 3.05) is 6.54 Å². The Morgan fingerprint density at radius 1 is 1.30 bits per heavy atom. The number of imidazole rings is 1. The number of aromatic amines is 2. The first-order chi connectivity index (χ1) is 11.3. The Hall–Kier alpha value is -2.95. The summed E-state index contributed by atoms with van der Waals surface area (Å²) < 4.78 is 14.3. The molecule has 4 rings (SSSR count). The van der Waals surface area contributed by atoms with Crippen LogP contribution in [0, 0.1) is 11.5 Å². The van der Waals surface area contributed by atoms with Crippen LogP contribution in [0.15, 0.2) is 24.4 Å². The van der Waals surface area contributed by atoms with Crippen molar-refractivity contribution < 1.29 is 4.39 Å². The molecule has 1 fully saturated rings. The van der Waals surface area contributed by atoms with Crippen LogP contribution in [0.4, 0.5) is 4.39 Å². The van der Waals surface area contributed by atoms with Gasteiger partial charge in [0, 0.05) is 12.7 Å². The van der Waals surface area contributed by atoms with Gasteiger partial charge in [-0.25, -0.2) is 14.4 Å². The largest absolute Gasteiger partial charge is 0.325 e. The summed E-state index contributed by atoms with van der Waals surface area (Å²) in [6, 6.07) is 4.81. The molecule has 7 nitrogen and oxygen atoms in total. The number of H-pyrrole nitrogens is 2. The first-order valence-electron chi connectivity index (χ1n) is 7.43. The number of aromatic nitrogens is 5. The average Bonchev–Trinajstić information content (AvgIpc) is 3.22. The number of nitrogens with one attached hydrogen (secondary N) is 2. The fourth-order valence-corrected chi connectivity index (χ4v) is 2.98. The van der Waals surface area contributed by atoms with Gasteiger partial charge >= 0.3 is 0 Å². The lowest BCUT2D eigenvalue weighted by atomic mass is 10.0. The van der Waals surface area contributed by atoms with Gasteiger partial charge in [-0.2, -0.15) is 10.4 Å². The molecule has 1 aliphatic heterocycles. The van der Waals surface area contributed by atoms with Crippen molar-refractivity contribution in [2.45, 2.75) is 25.1 Å². The monoisotopic (exact) mass is 311 g/mol. The van der Waals surface area contributed by atoms with E-state index in [1.54, 1.807) is 6.20 Å². The lowest BCUT2D eigenvalue weighted by molar-refractivity contribution is 0.105. The number of nitriles is 1. The minimum atomic E-state index is -1.11. The normalized spacial score (nSPS) is 21.5. The highest BCUT2D eigenvalue weighted by Crippen LogP contribution is 2.32. The summed E-state index contributed by atoms with van der Waals surface area (Å²) in [5.41, 5.74) is 2.74. The second-order valence-corrected chi connectivity index (χ2v) is 5.55. The Morgan fingerprint density at radius 2 is 2.22 bits per heavy atom. The van der Waals surface area contributed by atoms with Gasteiger partial charge in [-0.05, 0) is 31.0 Å². The molecule has 2 atom stereocenters. The molecule has 3 aromatic rings. The molecule has 8 heteroatoms. The van der Waals surface area contributed by atoms with E-state index in [1.165, 1.54) is 4.90 Å². The molecule has 0 saturated carbocycles. The topological polar surface area (TPSA) is 97.3 Å². The van der Waals surface area contributed by atoms with Crippen LogP contribution in [0.5, 0.6) is 0 Å². The lowest BCUT2D eigenvalue weighted by Crippen LogP contribution is -2.37.